The van der Waals surface area contributed by atoms with Crippen molar-refractivity contribution in [1.82, 2.24) is 0 Å². The zero-order valence-electron chi connectivity index (χ0n) is 27.4. The minimum Gasteiger partial charge on any atom is -0.495 e. The fraction of sp³-hybridized carbons (Fsp3) is 0.559. The van der Waals surface area contributed by atoms with Gasteiger partial charge in [0, 0.05) is 47.2 Å². The first-order valence-corrected chi connectivity index (χ1v) is 17.5. The number of rotatable bonds is 23. The van der Waals surface area contributed by atoms with Crippen molar-refractivity contribution in [2.45, 2.75) is 121 Å². The molecule has 0 saturated carbocycles. The number of methoxy groups -OCH3 is 1. The summed E-state index contributed by atoms with van der Waals surface area (Å²) in [7, 11) is -3.16. The Bertz CT molecular complexity index is 1300. The molecule has 245 valence electrons. The molecule has 2 aromatic rings. The zero-order chi connectivity index (χ0) is 32.2. The average Bonchev–Trinajstić information content (AvgIpc) is 2.98. The van der Waals surface area contributed by atoms with Gasteiger partial charge in [-0.3, -0.25) is 18.9 Å². The van der Waals surface area contributed by atoms with Crippen LogP contribution in [0.1, 0.15) is 126 Å². The van der Waals surface area contributed by atoms with E-state index in [9.17, 15) is 27.4 Å². The fourth-order valence-electron chi connectivity index (χ4n) is 5.04. The summed E-state index contributed by atoms with van der Waals surface area (Å²) < 4.78 is 37.3. The molecule has 45 heavy (non-hydrogen) atoms. The van der Waals surface area contributed by atoms with Crippen LogP contribution in [0.25, 0.3) is 0 Å². The van der Waals surface area contributed by atoms with Gasteiger partial charge in [0.1, 0.15) is 5.75 Å². The van der Waals surface area contributed by atoms with E-state index in [0.717, 1.165) is 31.4 Å². The van der Waals surface area contributed by atoms with Crippen molar-refractivity contribution in [1.29, 1.82) is 0 Å². The number of hydrogen-bond donors (Lipinski definition) is 3. The van der Waals surface area contributed by atoms with E-state index < -0.39 is 33.1 Å². The standard InChI is InChI=1S/C34H50N2O7S.Na/c1-3-4-5-6-7-8-9-10-11-12-13-14-15-16-17-21-33(38)35-28-20-18-19-27(24-28)31(37)26-34(39)36-30-25-29(44(40,41)42)22-23-32(30)43-2;/h18-20,22-25H,3-17,21,26H2,1-2H3,(H,35,38)(H,36,39)(H,40,41,42);. The molecular weight excluding hydrogens is 603 g/mol. The SMILES string of the molecule is CCCCCCCCCCCCCCCCCC(=O)Nc1cccc(C(=O)CC(=O)Nc2cc(S(=O)(=O)O)ccc2OC)c1.[Na]. The van der Waals surface area contributed by atoms with Crippen LogP contribution < -0.4 is 15.4 Å². The number of anilines is 2. The monoisotopic (exact) mass is 653 g/mol. The maximum Gasteiger partial charge on any atom is 0.294 e. The zero-order valence-corrected chi connectivity index (χ0v) is 30.2. The molecule has 0 aliphatic rings. The molecule has 0 aliphatic heterocycles. The molecule has 0 heterocycles. The smallest absolute Gasteiger partial charge is 0.294 e. The first-order chi connectivity index (χ1) is 21.1. The summed E-state index contributed by atoms with van der Waals surface area (Å²) in [6, 6.07) is 9.87. The summed E-state index contributed by atoms with van der Waals surface area (Å²) in [6.45, 7) is 2.25. The van der Waals surface area contributed by atoms with Gasteiger partial charge in [-0.1, -0.05) is 109 Å². The molecule has 0 saturated heterocycles. The molecule has 9 nitrogen and oxygen atoms in total. The van der Waals surface area contributed by atoms with Crippen molar-refractivity contribution in [3.63, 3.8) is 0 Å². The molecule has 0 bridgehead atoms. The maximum absolute atomic E-state index is 12.8. The molecular formula is C34H50N2NaO7S. The van der Waals surface area contributed by atoms with Crippen molar-refractivity contribution >= 4 is 68.6 Å². The van der Waals surface area contributed by atoms with E-state index >= 15 is 0 Å². The van der Waals surface area contributed by atoms with Crippen LogP contribution in [0, 0.1) is 0 Å². The predicted octanol–water partition coefficient (Wildman–Crippen LogP) is 7.97. The average molecular weight is 654 g/mol. The third-order valence-corrected chi connectivity index (χ3v) is 8.39. The van der Waals surface area contributed by atoms with Crippen LogP contribution in [0.2, 0.25) is 0 Å². The molecule has 3 N–H and O–H groups in total. The molecule has 0 unspecified atom stereocenters. The Morgan fingerprint density at radius 2 is 1.29 bits per heavy atom. The first-order valence-electron chi connectivity index (χ1n) is 16.0. The second-order valence-electron chi connectivity index (χ2n) is 11.3. The second kappa shape index (κ2) is 23.1. The number of ketones is 1. The van der Waals surface area contributed by atoms with E-state index in [4.69, 9.17) is 4.74 Å². The van der Waals surface area contributed by atoms with Crippen LogP contribution >= 0.6 is 0 Å². The molecule has 0 aromatic heterocycles. The normalized spacial score (nSPS) is 11.0. The quantitative estimate of drug-likeness (QED) is 0.0363. The molecule has 0 atom stereocenters. The number of amides is 2. The molecule has 1 radical (unpaired) electrons. The van der Waals surface area contributed by atoms with E-state index in [1.807, 2.05) is 0 Å². The van der Waals surface area contributed by atoms with Gasteiger partial charge < -0.3 is 15.4 Å². The van der Waals surface area contributed by atoms with Gasteiger partial charge in [0.25, 0.3) is 10.1 Å². The number of Topliss-reactive ketones (excluding diaryl/α,β-unsaturated/α-hetero) is 1. The van der Waals surface area contributed by atoms with Crippen molar-refractivity contribution in [2.24, 2.45) is 0 Å². The van der Waals surface area contributed by atoms with Gasteiger partial charge in [-0.05, 0) is 36.8 Å². The molecule has 0 spiro atoms. The Hall–Kier alpha value is -2.24. The summed E-state index contributed by atoms with van der Waals surface area (Å²) in [5, 5.41) is 5.28. The van der Waals surface area contributed by atoms with E-state index in [0.29, 0.717) is 12.1 Å². The van der Waals surface area contributed by atoms with Gasteiger partial charge >= 0.3 is 0 Å². The summed E-state index contributed by atoms with van der Waals surface area (Å²) >= 11 is 0. The number of hydrogen-bond acceptors (Lipinski definition) is 6. The Balaban J connectivity index is 0.0000101. The van der Waals surface area contributed by atoms with Gasteiger partial charge in [0.05, 0.1) is 24.1 Å². The van der Waals surface area contributed by atoms with E-state index in [1.54, 1.807) is 18.2 Å². The van der Waals surface area contributed by atoms with Crippen LogP contribution in [0.4, 0.5) is 11.4 Å². The second-order valence-corrected chi connectivity index (χ2v) is 12.7. The van der Waals surface area contributed by atoms with Crippen LogP contribution in [-0.2, 0) is 19.7 Å². The minimum atomic E-state index is -4.49. The van der Waals surface area contributed by atoms with Crippen molar-refractivity contribution in [3.8, 4) is 5.75 Å². The summed E-state index contributed by atoms with van der Waals surface area (Å²) in [5.74, 6) is -1.13. The van der Waals surface area contributed by atoms with E-state index in [2.05, 4.69) is 17.6 Å². The first kappa shape index (κ1) is 40.8. The molecule has 0 fully saturated rings. The fourth-order valence-corrected chi connectivity index (χ4v) is 5.55. The number of ether oxygens (including phenoxy) is 1. The third kappa shape index (κ3) is 17.3. The van der Waals surface area contributed by atoms with Crippen LogP contribution in [-0.4, -0.2) is 67.2 Å². The summed E-state index contributed by atoms with van der Waals surface area (Å²) in [6.07, 6.45) is 18.8. The Kier molecular flexibility index (Phi) is 21.0. The van der Waals surface area contributed by atoms with Gasteiger partial charge in [-0.25, -0.2) is 0 Å². The minimum absolute atomic E-state index is 0. The molecule has 0 aliphatic carbocycles. The molecule has 2 rings (SSSR count). The van der Waals surface area contributed by atoms with Crippen molar-refractivity contribution < 1.29 is 32.1 Å². The van der Waals surface area contributed by atoms with Gasteiger partial charge in [-0.2, -0.15) is 8.42 Å². The Morgan fingerprint density at radius 3 is 1.82 bits per heavy atom. The molecule has 11 heteroatoms. The van der Waals surface area contributed by atoms with E-state index in [1.165, 1.54) is 96.3 Å². The topological polar surface area (TPSA) is 139 Å². The number of unbranched alkanes of at least 4 members (excludes halogenated alkanes) is 14. The van der Waals surface area contributed by atoms with Crippen molar-refractivity contribution in [2.75, 3.05) is 17.7 Å². The summed E-state index contributed by atoms with van der Waals surface area (Å²) in [5.41, 5.74) is 0.730. The van der Waals surface area contributed by atoms with E-state index in [-0.39, 0.29) is 52.5 Å². The number of benzene rings is 2. The van der Waals surface area contributed by atoms with Gasteiger partial charge in [0.15, 0.2) is 5.78 Å². The van der Waals surface area contributed by atoms with Crippen molar-refractivity contribution in [3.05, 3.63) is 48.0 Å². The number of carbonyl (C=O) groups excluding carboxylic acids is 3. The number of carbonyl (C=O) groups is 3. The van der Waals surface area contributed by atoms with Gasteiger partial charge in [-0.15, -0.1) is 0 Å². The largest absolute Gasteiger partial charge is 0.495 e. The Morgan fingerprint density at radius 1 is 0.733 bits per heavy atom. The summed E-state index contributed by atoms with van der Waals surface area (Å²) in [4.78, 5) is 37.3. The molecule has 2 aromatic carbocycles. The van der Waals surface area contributed by atoms with Crippen LogP contribution in [0.3, 0.4) is 0 Å². The predicted molar refractivity (Wildman–Crippen MR) is 181 cm³/mol. The molecule has 2 amide bonds. The van der Waals surface area contributed by atoms with Gasteiger partial charge in [0.2, 0.25) is 11.8 Å². The Labute approximate surface area is 291 Å². The van der Waals surface area contributed by atoms with Crippen LogP contribution in [0.5, 0.6) is 5.75 Å². The van der Waals surface area contributed by atoms with Crippen LogP contribution in [0.15, 0.2) is 47.4 Å². The number of nitrogens with one attached hydrogen (secondary N) is 2. The third-order valence-electron chi connectivity index (χ3n) is 7.54. The maximum atomic E-state index is 12.8.